The highest BCUT2D eigenvalue weighted by Gasteiger charge is 2.27. The van der Waals surface area contributed by atoms with Crippen LogP contribution in [0.2, 0.25) is 0 Å². The molecule has 2 heterocycles. The molecule has 0 saturated carbocycles. The van der Waals surface area contributed by atoms with Crippen LogP contribution in [0.15, 0.2) is 28.7 Å². The monoisotopic (exact) mass is 387 g/mol. The van der Waals surface area contributed by atoms with E-state index in [-0.39, 0.29) is 18.3 Å². The van der Waals surface area contributed by atoms with Crippen molar-refractivity contribution in [3.05, 3.63) is 34.3 Å². The van der Waals surface area contributed by atoms with Gasteiger partial charge >= 0.3 is 0 Å². The summed E-state index contributed by atoms with van der Waals surface area (Å²) in [6.45, 7) is 5.98. The molecule has 1 aromatic rings. The Morgan fingerprint density at radius 2 is 2.05 bits per heavy atom. The van der Waals surface area contributed by atoms with E-state index in [0.717, 1.165) is 49.3 Å². The lowest BCUT2D eigenvalue weighted by molar-refractivity contribution is -0.132. The SMILES string of the molecule is Cl.O=C(Cc1cccc(Br)c1)N1CCN(C2CCNC2)CC1. The number of nitrogens with one attached hydrogen (secondary N) is 1. The third kappa shape index (κ3) is 4.44. The third-order valence-corrected chi connectivity index (χ3v) is 4.96. The lowest BCUT2D eigenvalue weighted by Crippen LogP contribution is -2.52. The van der Waals surface area contributed by atoms with Crippen molar-refractivity contribution in [3.8, 4) is 0 Å². The van der Waals surface area contributed by atoms with Crippen molar-refractivity contribution in [2.45, 2.75) is 18.9 Å². The molecule has 1 N–H and O–H groups in total. The Hall–Kier alpha value is -0.620. The molecule has 0 radical (unpaired) electrons. The van der Waals surface area contributed by atoms with E-state index < -0.39 is 0 Å². The zero-order chi connectivity index (χ0) is 14.7. The van der Waals surface area contributed by atoms with Crippen LogP contribution in [-0.2, 0) is 11.2 Å². The summed E-state index contributed by atoms with van der Waals surface area (Å²) in [5.74, 6) is 0.247. The Kier molecular flexibility index (Phi) is 6.68. The predicted molar refractivity (Wildman–Crippen MR) is 94.5 cm³/mol. The lowest BCUT2D eigenvalue weighted by atomic mass is 10.1. The van der Waals surface area contributed by atoms with E-state index in [2.05, 4.69) is 26.1 Å². The fourth-order valence-electron chi connectivity index (χ4n) is 3.22. The van der Waals surface area contributed by atoms with Gasteiger partial charge in [-0.05, 0) is 30.7 Å². The van der Waals surface area contributed by atoms with Gasteiger partial charge in [0, 0.05) is 43.2 Å². The molecule has 0 bridgehead atoms. The molecule has 1 aromatic carbocycles. The molecule has 2 aliphatic heterocycles. The van der Waals surface area contributed by atoms with Gasteiger partial charge in [-0.3, -0.25) is 9.69 Å². The number of nitrogens with zero attached hydrogens (tertiary/aromatic N) is 2. The Bertz CT molecular complexity index is 500. The van der Waals surface area contributed by atoms with Crippen molar-refractivity contribution >= 4 is 34.2 Å². The highest BCUT2D eigenvalue weighted by Crippen LogP contribution is 2.15. The van der Waals surface area contributed by atoms with Gasteiger partial charge in [-0.1, -0.05) is 28.1 Å². The van der Waals surface area contributed by atoms with Crippen molar-refractivity contribution in [1.29, 1.82) is 0 Å². The molecule has 1 unspecified atom stereocenters. The molecule has 2 saturated heterocycles. The molecule has 122 valence electrons. The maximum Gasteiger partial charge on any atom is 0.227 e. The lowest BCUT2D eigenvalue weighted by Gasteiger charge is -2.37. The molecule has 0 aliphatic carbocycles. The molecular formula is C16H23BrClN3O. The second-order valence-corrected chi connectivity index (χ2v) is 6.79. The second-order valence-electron chi connectivity index (χ2n) is 5.87. The van der Waals surface area contributed by atoms with Crippen LogP contribution in [0.3, 0.4) is 0 Å². The zero-order valence-electron chi connectivity index (χ0n) is 12.6. The standard InChI is InChI=1S/C16H22BrN3O.ClH/c17-14-3-1-2-13(10-14)11-16(21)20-8-6-19(7-9-20)15-4-5-18-12-15;/h1-3,10,15,18H,4-9,11-12H2;1H. The minimum Gasteiger partial charge on any atom is -0.340 e. The van der Waals surface area contributed by atoms with Gasteiger partial charge in [0.1, 0.15) is 0 Å². The molecule has 2 fully saturated rings. The van der Waals surface area contributed by atoms with Crippen molar-refractivity contribution in [1.82, 2.24) is 15.1 Å². The quantitative estimate of drug-likeness (QED) is 0.859. The van der Waals surface area contributed by atoms with Crippen molar-refractivity contribution in [3.63, 3.8) is 0 Å². The summed E-state index contributed by atoms with van der Waals surface area (Å²) in [7, 11) is 0. The molecule has 1 atom stereocenters. The number of amides is 1. The van der Waals surface area contributed by atoms with Crippen LogP contribution in [0.1, 0.15) is 12.0 Å². The van der Waals surface area contributed by atoms with Gasteiger partial charge in [0.2, 0.25) is 5.91 Å². The first-order valence-electron chi connectivity index (χ1n) is 7.69. The Balaban J connectivity index is 0.00000176. The smallest absolute Gasteiger partial charge is 0.227 e. The molecule has 6 heteroatoms. The summed E-state index contributed by atoms with van der Waals surface area (Å²) in [5.41, 5.74) is 1.08. The Morgan fingerprint density at radius 1 is 1.27 bits per heavy atom. The van der Waals surface area contributed by atoms with Crippen LogP contribution >= 0.6 is 28.3 Å². The van der Waals surface area contributed by atoms with Crippen LogP contribution in [0.4, 0.5) is 0 Å². The number of hydrogen-bond donors (Lipinski definition) is 1. The number of rotatable bonds is 3. The van der Waals surface area contributed by atoms with Gasteiger partial charge in [0.15, 0.2) is 0 Å². The fourth-order valence-corrected chi connectivity index (χ4v) is 3.67. The minimum absolute atomic E-state index is 0. The van der Waals surface area contributed by atoms with E-state index in [1.165, 1.54) is 6.42 Å². The maximum atomic E-state index is 12.4. The molecule has 2 aliphatic rings. The number of carbonyl (C=O) groups is 1. The maximum absolute atomic E-state index is 12.4. The summed E-state index contributed by atoms with van der Waals surface area (Å²) in [4.78, 5) is 16.9. The van der Waals surface area contributed by atoms with E-state index in [1.54, 1.807) is 0 Å². The summed E-state index contributed by atoms with van der Waals surface area (Å²) in [5, 5.41) is 3.41. The van der Waals surface area contributed by atoms with E-state index >= 15 is 0 Å². The van der Waals surface area contributed by atoms with E-state index in [9.17, 15) is 4.79 Å². The summed E-state index contributed by atoms with van der Waals surface area (Å²) >= 11 is 3.46. The topological polar surface area (TPSA) is 35.6 Å². The first kappa shape index (κ1) is 17.7. The van der Waals surface area contributed by atoms with Crippen LogP contribution in [-0.4, -0.2) is 61.0 Å². The Morgan fingerprint density at radius 3 is 2.68 bits per heavy atom. The number of benzene rings is 1. The Labute approximate surface area is 146 Å². The van der Waals surface area contributed by atoms with Gasteiger partial charge in [-0.15, -0.1) is 12.4 Å². The van der Waals surface area contributed by atoms with Gasteiger partial charge in [-0.2, -0.15) is 0 Å². The number of halogens is 2. The van der Waals surface area contributed by atoms with Crippen LogP contribution in [0, 0.1) is 0 Å². The first-order chi connectivity index (χ1) is 10.2. The van der Waals surface area contributed by atoms with Crippen LogP contribution in [0.5, 0.6) is 0 Å². The molecule has 22 heavy (non-hydrogen) atoms. The van der Waals surface area contributed by atoms with E-state index in [0.29, 0.717) is 12.5 Å². The average Bonchev–Trinajstić information content (AvgIpc) is 3.01. The normalized spacial score (nSPS) is 22.4. The molecule has 0 aromatic heterocycles. The minimum atomic E-state index is 0. The molecule has 0 spiro atoms. The number of carbonyl (C=O) groups excluding carboxylic acids is 1. The van der Waals surface area contributed by atoms with Crippen LogP contribution in [0.25, 0.3) is 0 Å². The highest BCUT2D eigenvalue weighted by molar-refractivity contribution is 9.10. The summed E-state index contributed by atoms with van der Waals surface area (Å²) < 4.78 is 1.03. The van der Waals surface area contributed by atoms with Gasteiger partial charge in [0.05, 0.1) is 6.42 Å². The van der Waals surface area contributed by atoms with Crippen molar-refractivity contribution in [2.75, 3.05) is 39.3 Å². The molecule has 3 rings (SSSR count). The third-order valence-electron chi connectivity index (χ3n) is 4.46. The number of piperazine rings is 1. The fraction of sp³-hybridized carbons (Fsp3) is 0.562. The molecular weight excluding hydrogens is 366 g/mol. The van der Waals surface area contributed by atoms with E-state index in [1.807, 2.05) is 29.2 Å². The highest BCUT2D eigenvalue weighted by atomic mass is 79.9. The number of hydrogen-bond acceptors (Lipinski definition) is 3. The summed E-state index contributed by atoms with van der Waals surface area (Å²) in [6.07, 6.45) is 1.75. The first-order valence-corrected chi connectivity index (χ1v) is 8.48. The predicted octanol–water partition coefficient (Wildman–Crippen LogP) is 1.92. The summed E-state index contributed by atoms with van der Waals surface area (Å²) in [6, 6.07) is 8.69. The molecule has 4 nitrogen and oxygen atoms in total. The van der Waals surface area contributed by atoms with Gasteiger partial charge in [-0.25, -0.2) is 0 Å². The molecule has 1 amide bonds. The largest absolute Gasteiger partial charge is 0.340 e. The van der Waals surface area contributed by atoms with Crippen molar-refractivity contribution in [2.24, 2.45) is 0 Å². The second kappa shape index (κ2) is 8.29. The van der Waals surface area contributed by atoms with Crippen LogP contribution < -0.4 is 5.32 Å². The van der Waals surface area contributed by atoms with Gasteiger partial charge < -0.3 is 10.2 Å². The van der Waals surface area contributed by atoms with Crippen molar-refractivity contribution < 1.29 is 4.79 Å². The van der Waals surface area contributed by atoms with E-state index in [4.69, 9.17) is 0 Å². The zero-order valence-corrected chi connectivity index (χ0v) is 15.0. The van der Waals surface area contributed by atoms with Gasteiger partial charge in [0.25, 0.3) is 0 Å². The average molecular weight is 389 g/mol.